The van der Waals surface area contributed by atoms with Gasteiger partial charge in [-0.2, -0.15) is 10.1 Å². The van der Waals surface area contributed by atoms with E-state index < -0.39 is 0 Å². The monoisotopic (exact) mass is 431 g/mol. The molecule has 0 aliphatic carbocycles. The van der Waals surface area contributed by atoms with Gasteiger partial charge in [0, 0.05) is 41.9 Å². The van der Waals surface area contributed by atoms with E-state index in [9.17, 15) is 0 Å². The Labute approximate surface area is 188 Å². The van der Waals surface area contributed by atoms with Gasteiger partial charge < -0.3 is 19.7 Å². The van der Waals surface area contributed by atoms with Gasteiger partial charge in [-0.05, 0) is 62.1 Å². The second-order valence-corrected chi connectivity index (χ2v) is 9.50. The predicted octanol–water partition coefficient (Wildman–Crippen LogP) is 4.07. The Morgan fingerprint density at radius 2 is 1.94 bits per heavy atom. The largest absolute Gasteiger partial charge is 0.480 e. The molecule has 32 heavy (non-hydrogen) atoms. The number of benzene rings is 1. The van der Waals surface area contributed by atoms with Crippen molar-refractivity contribution in [1.29, 1.82) is 0 Å². The van der Waals surface area contributed by atoms with Crippen LogP contribution in [0.15, 0.2) is 42.6 Å². The molecule has 1 unspecified atom stereocenters. The van der Waals surface area contributed by atoms with Gasteiger partial charge in [0.2, 0.25) is 11.8 Å². The Balaban J connectivity index is 1.38. The molecule has 0 bridgehead atoms. The van der Waals surface area contributed by atoms with Crippen molar-refractivity contribution in [3.63, 3.8) is 0 Å². The quantitative estimate of drug-likeness (QED) is 0.667. The molecule has 5 rings (SSSR count). The smallest absolute Gasteiger partial charge is 0.233 e. The van der Waals surface area contributed by atoms with Crippen molar-refractivity contribution >= 4 is 5.82 Å². The number of hydrogen-bond acceptors (Lipinski definition) is 7. The van der Waals surface area contributed by atoms with Crippen molar-refractivity contribution in [3.05, 3.63) is 48.2 Å². The first-order valence-electron chi connectivity index (χ1n) is 11.1. The summed E-state index contributed by atoms with van der Waals surface area (Å²) in [5, 5.41) is 11.7. The Bertz CT molecular complexity index is 1140. The molecule has 1 atom stereocenters. The summed E-state index contributed by atoms with van der Waals surface area (Å²) in [5.41, 5.74) is 5.48. The first kappa shape index (κ1) is 20.7. The Kier molecular flexibility index (Phi) is 5.21. The number of hydrogen-bond donors (Lipinski definition) is 1. The SMILES string of the molecule is COc1cc(-c2ccc3c(c2)COc2nc(N4CCC(NC(C)(C)C)C4)ccc2-3)cnn1. The number of nitrogens with zero attached hydrogens (tertiary/aromatic N) is 4. The number of fused-ring (bicyclic) bond motifs is 3. The topological polar surface area (TPSA) is 72.4 Å². The summed E-state index contributed by atoms with van der Waals surface area (Å²) in [4.78, 5) is 7.21. The second-order valence-electron chi connectivity index (χ2n) is 9.50. The van der Waals surface area contributed by atoms with Crippen LogP contribution in [0.25, 0.3) is 22.3 Å². The van der Waals surface area contributed by atoms with E-state index in [0.29, 0.717) is 24.4 Å². The zero-order valence-corrected chi connectivity index (χ0v) is 19.1. The molecule has 7 nitrogen and oxygen atoms in total. The van der Waals surface area contributed by atoms with Crippen LogP contribution in [0.5, 0.6) is 11.8 Å². The van der Waals surface area contributed by atoms with E-state index in [1.54, 1.807) is 13.3 Å². The van der Waals surface area contributed by atoms with E-state index >= 15 is 0 Å². The fraction of sp³-hybridized carbons (Fsp3) is 0.400. The third-order valence-corrected chi connectivity index (χ3v) is 5.93. The minimum absolute atomic E-state index is 0.118. The lowest BCUT2D eigenvalue weighted by Gasteiger charge is -2.26. The minimum atomic E-state index is 0.118. The molecule has 1 saturated heterocycles. The zero-order chi connectivity index (χ0) is 22.3. The lowest BCUT2D eigenvalue weighted by atomic mass is 9.95. The first-order chi connectivity index (χ1) is 15.4. The van der Waals surface area contributed by atoms with Gasteiger partial charge in [-0.1, -0.05) is 12.1 Å². The van der Waals surface area contributed by atoms with Crippen LogP contribution in [0.3, 0.4) is 0 Å². The number of pyridine rings is 1. The minimum Gasteiger partial charge on any atom is -0.480 e. The number of ether oxygens (including phenoxy) is 2. The van der Waals surface area contributed by atoms with Crippen molar-refractivity contribution in [2.45, 2.75) is 45.4 Å². The molecule has 4 heterocycles. The molecule has 7 heteroatoms. The Morgan fingerprint density at radius 1 is 1.09 bits per heavy atom. The summed E-state index contributed by atoms with van der Waals surface area (Å²) in [6.07, 6.45) is 2.87. The molecule has 3 aromatic rings. The average Bonchev–Trinajstić information content (AvgIpc) is 3.25. The van der Waals surface area contributed by atoms with Crippen molar-refractivity contribution < 1.29 is 9.47 Å². The number of methoxy groups -OCH3 is 1. The summed E-state index contributed by atoms with van der Waals surface area (Å²) in [6, 6.07) is 13.0. The summed E-state index contributed by atoms with van der Waals surface area (Å²) in [7, 11) is 1.59. The maximum absolute atomic E-state index is 6.09. The number of anilines is 1. The van der Waals surface area contributed by atoms with Gasteiger partial charge in [-0.3, -0.25) is 0 Å². The molecule has 0 saturated carbocycles. The number of rotatable bonds is 4. The van der Waals surface area contributed by atoms with Gasteiger partial charge in [0.15, 0.2) is 0 Å². The van der Waals surface area contributed by atoms with Crippen LogP contribution < -0.4 is 19.7 Å². The average molecular weight is 432 g/mol. The Hall–Kier alpha value is -3.19. The summed E-state index contributed by atoms with van der Waals surface area (Å²) >= 11 is 0. The van der Waals surface area contributed by atoms with E-state index in [1.165, 1.54) is 0 Å². The van der Waals surface area contributed by atoms with Crippen LogP contribution in [-0.2, 0) is 6.61 Å². The van der Waals surface area contributed by atoms with Crippen molar-refractivity contribution in [1.82, 2.24) is 20.5 Å². The van der Waals surface area contributed by atoms with E-state index in [-0.39, 0.29) is 5.54 Å². The molecule has 2 aliphatic rings. The van der Waals surface area contributed by atoms with Gasteiger partial charge in [-0.15, -0.1) is 5.10 Å². The van der Waals surface area contributed by atoms with Crippen LogP contribution in [0, 0.1) is 0 Å². The second kappa shape index (κ2) is 8.06. The summed E-state index contributed by atoms with van der Waals surface area (Å²) < 4.78 is 11.3. The highest BCUT2D eigenvalue weighted by molar-refractivity contribution is 5.78. The lowest BCUT2D eigenvalue weighted by Crippen LogP contribution is -2.44. The van der Waals surface area contributed by atoms with E-state index in [1.807, 2.05) is 6.07 Å². The molecule has 2 aromatic heterocycles. The van der Waals surface area contributed by atoms with Gasteiger partial charge in [-0.25, -0.2) is 0 Å². The molecule has 2 aliphatic heterocycles. The van der Waals surface area contributed by atoms with Gasteiger partial charge in [0.25, 0.3) is 0 Å². The zero-order valence-electron chi connectivity index (χ0n) is 19.1. The third-order valence-electron chi connectivity index (χ3n) is 5.93. The van der Waals surface area contributed by atoms with Gasteiger partial charge >= 0.3 is 0 Å². The highest BCUT2D eigenvalue weighted by atomic mass is 16.5. The van der Waals surface area contributed by atoms with Crippen LogP contribution in [-0.4, -0.2) is 47.0 Å². The fourth-order valence-electron chi connectivity index (χ4n) is 4.53. The van der Waals surface area contributed by atoms with E-state index in [2.05, 4.69) is 71.5 Å². The molecule has 1 aromatic carbocycles. The highest BCUT2D eigenvalue weighted by Crippen LogP contribution is 2.39. The molecule has 1 N–H and O–H groups in total. The number of nitrogens with one attached hydrogen (secondary N) is 1. The van der Waals surface area contributed by atoms with Crippen molar-refractivity contribution in [2.24, 2.45) is 0 Å². The maximum Gasteiger partial charge on any atom is 0.233 e. The predicted molar refractivity (Wildman–Crippen MR) is 125 cm³/mol. The molecule has 0 radical (unpaired) electrons. The molecular weight excluding hydrogens is 402 g/mol. The van der Waals surface area contributed by atoms with Gasteiger partial charge in [0.05, 0.1) is 13.3 Å². The molecule has 166 valence electrons. The third kappa shape index (κ3) is 4.12. The highest BCUT2D eigenvalue weighted by Gasteiger charge is 2.28. The first-order valence-corrected chi connectivity index (χ1v) is 11.1. The maximum atomic E-state index is 6.09. The van der Waals surface area contributed by atoms with Crippen molar-refractivity contribution in [3.8, 4) is 34.0 Å². The summed E-state index contributed by atoms with van der Waals surface area (Å²) in [6.45, 7) is 9.10. The van der Waals surface area contributed by atoms with Crippen LogP contribution in [0.4, 0.5) is 5.82 Å². The van der Waals surface area contributed by atoms with E-state index in [4.69, 9.17) is 14.5 Å². The fourth-order valence-corrected chi connectivity index (χ4v) is 4.53. The van der Waals surface area contributed by atoms with Crippen molar-refractivity contribution in [2.75, 3.05) is 25.1 Å². The van der Waals surface area contributed by atoms with E-state index in [0.717, 1.165) is 53.1 Å². The van der Waals surface area contributed by atoms with Crippen LogP contribution in [0.1, 0.15) is 32.8 Å². The van der Waals surface area contributed by atoms with Crippen LogP contribution >= 0.6 is 0 Å². The molecule has 0 amide bonds. The Morgan fingerprint density at radius 3 is 2.75 bits per heavy atom. The standard InChI is InChI=1S/C25H29N5O2/c1-25(2,3)28-19-9-10-30(14-19)22-8-7-21-20-6-5-16(11-18(20)15-32-24(21)27-22)17-12-23(31-4)29-26-13-17/h5-8,11-13,19,28H,9-10,14-15H2,1-4H3. The van der Waals surface area contributed by atoms with Crippen LogP contribution in [0.2, 0.25) is 0 Å². The van der Waals surface area contributed by atoms with Gasteiger partial charge in [0.1, 0.15) is 12.4 Å². The molecule has 0 spiro atoms. The summed E-state index contributed by atoms with van der Waals surface area (Å²) in [5.74, 6) is 2.19. The number of aromatic nitrogens is 3. The normalized spacial score (nSPS) is 17.5. The molecular formula is C25H29N5O2. The lowest BCUT2D eigenvalue weighted by molar-refractivity contribution is 0.290. The molecule has 1 fully saturated rings.